The van der Waals surface area contributed by atoms with E-state index in [0.717, 1.165) is 0 Å². The van der Waals surface area contributed by atoms with Crippen molar-refractivity contribution in [3.8, 4) is 11.4 Å². The number of carbonyl (C=O) groups is 3. The minimum atomic E-state index is -3.99. The first-order valence-corrected chi connectivity index (χ1v) is 22.1. The summed E-state index contributed by atoms with van der Waals surface area (Å²) < 4.78 is 55.2. The summed E-state index contributed by atoms with van der Waals surface area (Å²) in [5.41, 5.74) is 1.47. The van der Waals surface area contributed by atoms with Gasteiger partial charge in [0.15, 0.2) is 10.1 Å². The van der Waals surface area contributed by atoms with E-state index in [9.17, 15) is 36.3 Å². The van der Waals surface area contributed by atoms with Crippen molar-refractivity contribution in [1.29, 1.82) is 0 Å². The summed E-state index contributed by atoms with van der Waals surface area (Å²) in [4.78, 5) is 40.0. The number of halogens is 2. The molecule has 18 nitrogen and oxygen atoms in total. The normalized spacial score (nSPS) is 11.5. The molecule has 6 aromatic rings. The van der Waals surface area contributed by atoms with Crippen LogP contribution in [0.4, 0.5) is 4.79 Å². The van der Waals surface area contributed by atoms with Gasteiger partial charge in [0.2, 0.25) is 19.7 Å². The third-order valence-electron chi connectivity index (χ3n) is 8.07. The summed E-state index contributed by atoms with van der Waals surface area (Å²) in [6.07, 6.45) is 5.58. The Kier molecular flexibility index (Phi) is 16.8. The lowest BCUT2D eigenvalue weighted by Crippen LogP contribution is -2.36. The van der Waals surface area contributed by atoms with Crippen LogP contribution in [0.2, 0.25) is 10.0 Å². The highest BCUT2D eigenvalue weighted by Gasteiger charge is 2.29. The monoisotopic (exact) mass is 940 g/mol. The topological polar surface area (TPSA) is 257 Å². The molecule has 0 aliphatic carbocycles. The number of hydrogen-bond donors (Lipinski definition) is 4. The zero-order valence-corrected chi connectivity index (χ0v) is 37.2. The number of carboxylic acids is 2. The fourth-order valence-corrected chi connectivity index (χ4v) is 8.64. The molecule has 0 saturated heterocycles. The third-order valence-corrected chi connectivity index (χ3v) is 12.1. The Labute approximate surface area is 372 Å². The number of aromatic nitrogens is 6. The van der Waals surface area contributed by atoms with Crippen molar-refractivity contribution in [2.75, 3.05) is 13.6 Å². The van der Waals surface area contributed by atoms with Crippen LogP contribution in [0.15, 0.2) is 142 Å². The number of hydrogen-bond acceptors (Lipinski definition) is 12. The van der Waals surface area contributed by atoms with Crippen molar-refractivity contribution < 1.29 is 46.5 Å². The van der Waals surface area contributed by atoms with Gasteiger partial charge in [-0.15, -0.1) is 0 Å². The second-order valence-corrected chi connectivity index (χ2v) is 18.9. The molecule has 0 fully saturated rings. The number of sulfone groups is 2. The first-order valence-electron chi connectivity index (χ1n) is 18.4. The summed E-state index contributed by atoms with van der Waals surface area (Å²) in [5.74, 6) is -2.51. The molecule has 4 N–H and O–H groups in total. The number of carboxylic acid groups (broad SMARTS) is 3. The zero-order valence-electron chi connectivity index (χ0n) is 34.1. The molecule has 0 radical (unpaired) electrons. The number of pyridine rings is 2. The highest BCUT2D eigenvalue weighted by atomic mass is 35.5. The first-order chi connectivity index (χ1) is 29.6. The second-order valence-electron chi connectivity index (χ2n) is 14.3. The maximum atomic E-state index is 13.3. The summed E-state index contributed by atoms with van der Waals surface area (Å²) >= 11 is 12.5. The van der Waals surface area contributed by atoms with E-state index in [-0.39, 0.29) is 44.0 Å². The summed E-state index contributed by atoms with van der Waals surface area (Å²) in [6.45, 7) is 6.38. The third kappa shape index (κ3) is 13.5. The van der Waals surface area contributed by atoms with Gasteiger partial charge >= 0.3 is 18.0 Å². The second kappa shape index (κ2) is 21.6. The van der Waals surface area contributed by atoms with E-state index in [1.807, 2.05) is 20.8 Å². The van der Waals surface area contributed by atoms with Gasteiger partial charge in [0, 0.05) is 62.2 Å². The molecule has 63 heavy (non-hydrogen) atoms. The van der Waals surface area contributed by atoms with E-state index < -0.39 is 37.7 Å². The van der Waals surface area contributed by atoms with E-state index in [2.05, 4.69) is 25.5 Å². The van der Waals surface area contributed by atoms with Crippen LogP contribution >= 0.6 is 23.2 Å². The fourth-order valence-electron chi connectivity index (χ4n) is 5.50. The number of nitrogens with one attached hydrogen (secondary N) is 1. The summed E-state index contributed by atoms with van der Waals surface area (Å²) in [7, 11) is -6.00. The van der Waals surface area contributed by atoms with Crippen molar-refractivity contribution in [2.24, 2.45) is 5.41 Å². The molecule has 2 aromatic carbocycles. The lowest BCUT2D eigenvalue weighted by Gasteiger charge is -2.27. The van der Waals surface area contributed by atoms with Gasteiger partial charge < -0.3 is 25.5 Å². The van der Waals surface area contributed by atoms with Crippen LogP contribution in [-0.4, -0.2) is 98.2 Å². The largest absolute Gasteiger partial charge is 0.478 e. The number of benzene rings is 2. The molecule has 0 spiro atoms. The van der Waals surface area contributed by atoms with Crippen molar-refractivity contribution in [3.05, 3.63) is 143 Å². The number of amides is 1. The van der Waals surface area contributed by atoms with Crippen LogP contribution < -0.4 is 5.32 Å². The maximum Gasteiger partial charge on any atom is 0.407 e. The number of aliphatic carboxylic acids is 2. The SMILES string of the molecule is CC(C)(C)CN(Cc1cc(S(=O)(=O)c2cccnc2)n(-c2ccccc2Cl)n1)C(=O)O.CNCc1cc(S(=O)(=O)c2cccnc2)n(-c2ccccc2Cl)n1.O=C(O)C=CC(=O)O. The Balaban J connectivity index is 0.000000241. The molecule has 0 atom stereocenters. The highest BCUT2D eigenvalue weighted by Crippen LogP contribution is 2.30. The molecule has 4 heterocycles. The quantitative estimate of drug-likeness (QED) is 0.0906. The predicted octanol–water partition coefficient (Wildman–Crippen LogP) is 6.46. The molecule has 0 aliphatic rings. The van der Waals surface area contributed by atoms with E-state index in [0.29, 0.717) is 45.8 Å². The number of nitrogens with zero attached hydrogens (tertiary/aromatic N) is 7. The van der Waals surface area contributed by atoms with Gasteiger partial charge in [-0.3, -0.25) is 9.97 Å². The highest BCUT2D eigenvalue weighted by molar-refractivity contribution is 7.91. The van der Waals surface area contributed by atoms with Crippen LogP contribution in [0.5, 0.6) is 0 Å². The van der Waals surface area contributed by atoms with Gasteiger partial charge in [-0.1, -0.05) is 68.2 Å². The van der Waals surface area contributed by atoms with E-state index in [1.165, 1.54) is 63.3 Å². The van der Waals surface area contributed by atoms with Gasteiger partial charge in [0.05, 0.1) is 49.1 Å². The van der Waals surface area contributed by atoms with Gasteiger partial charge in [-0.2, -0.15) is 10.2 Å². The minimum absolute atomic E-state index is 0.000430. The van der Waals surface area contributed by atoms with Gasteiger partial charge in [-0.25, -0.2) is 40.6 Å². The number of para-hydroxylation sites is 2. The van der Waals surface area contributed by atoms with E-state index in [4.69, 9.17) is 33.4 Å². The maximum absolute atomic E-state index is 13.3. The molecule has 22 heteroatoms. The number of rotatable bonds is 13. The Morgan fingerprint density at radius 3 is 1.49 bits per heavy atom. The van der Waals surface area contributed by atoms with Gasteiger partial charge in [0.25, 0.3) is 0 Å². The van der Waals surface area contributed by atoms with Crippen LogP contribution in [-0.2, 0) is 42.4 Å². The van der Waals surface area contributed by atoms with Crippen molar-refractivity contribution >= 4 is 60.9 Å². The molecule has 0 saturated carbocycles. The molecule has 332 valence electrons. The molecule has 1 amide bonds. The van der Waals surface area contributed by atoms with Crippen LogP contribution in [0.1, 0.15) is 32.2 Å². The standard InChI is InChI=1S/C21H23ClN4O4S.C16H15ClN4O2S.C4H4O4/c1-21(2,3)14-25(20(27)28)13-15-11-19(31(29,30)16-7-6-10-23-12-16)26(24-15)18-9-5-4-8-17(18)22;1-18-10-12-9-16(24(22,23)13-5-4-8-19-11-13)21(20-12)15-7-3-2-6-14(15)17;5-3(6)1-2-4(7)8/h4-12H,13-14H2,1-3H3,(H,27,28);2-9,11,18H,10H2,1H3;1-2H,(H,5,6)(H,7,8). The van der Waals surface area contributed by atoms with Gasteiger partial charge in [-0.05, 0) is 61.0 Å². The molecule has 6 rings (SSSR count). The zero-order chi connectivity index (χ0) is 46.5. The Bertz CT molecular complexity index is 2780. The smallest absolute Gasteiger partial charge is 0.407 e. The van der Waals surface area contributed by atoms with Crippen molar-refractivity contribution in [2.45, 2.75) is 53.7 Å². The molecular weight excluding hydrogens is 900 g/mol. The van der Waals surface area contributed by atoms with Gasteiger partial charge in [0.1, 0.15) is 0 Å². The van der Waals surface area contributed by atoms with Crippen LogP contribution in [0.25, 0.3) is 11.4 Å². The van der Waals surface area contributed by atoms with E-state index in [1.54, 1.807) is 67.7 Å². The van der Waals surface area contributed by atoms with Crippen molar-refractivity contribution in [1.82, 2.24) is 39.7 Å². The van der Waals surface area contributed by atoms with E-state index >= 15 is 0 Å². The average Bonchev–Trinajstić information content (AvgIpc) is 3.86. The Hall–Kier alpha value is -6.45. The first kappa shape index (κ1) is 49.2. The Morgan fingerprint density at radius 2 is 1.13 bits per heavy atom. The predicted molar refractivity (Wildman–Crippen MR) is 232 cm³/mol. The minimum Gasteiger partial charge on any atom is -0.478 e. The average molecular weight is 942 g/mol. The van der Waals surface area contributed by atoms with Crippen LogP contribution in [0.3, 0.4) is 0 Å². The molecule has 4 aromatic heterocycles. The molecular formula is C41H42Cl2N8O10S2. The Morgan fingerprint density at radius 1 is 0.698 bits per heavy atom. The molecule has 0 unspecified atom stereocenters. The fraction of sp³-hybridized carbons (Fsp3) is 0.195. The molecule has 0 aliphatic heterocycles. The summed E-state index contributed by atoms with van der Waals surface area (Å²) in [5, 5.41) is 37.7. The summed E-state index contributed by atoms with van der Waals surface area (Å²) in [6, 6.07) is 22.7. The lowest BCUT2D eigenvalue weighted by atomic mass is 9.96. The van der Waals surface area contributed by atoms with Crippen molar-refractivity contribution in [3.63, 3.8) is 0 Å². The van der Waals surface area contributed by atoms with Crippen LogP contribution in [0, 0.1) is 5.41 Å². The lowest BCUT2D eigenvalue weighted by molar-refractivity contribution is -0.134. The molecule has 0 bridgehead atoms.